The van der Waals surface area contributed by atoms with Crippen LogP contribution in [0.15, 0.2) is 0 Å². The summed E-state index contributed by atoms with van der Waals surface area (Å²) in [6.07, 6.45) is 4.38. The number of carbonyl (C=O) groups is 1. The standard InChI is InChI=1S/C8H15NO.ClH/c1-7(10)8(6-9)4-2-3-5-8;/h2-6,9H2,1H3;1H. The lowest BCUT2D eigenvalue weighted by Gasteiger charge is -2.22. The Labute approximate surface area is 73.9 Å². The first kappa shape index (κ1) is 10.9. The van der Waals surface area contributed by atoms with Crippen molar-refractivity contribution in [2.24, 2.45) is 11.1 Å². The van der Waals surface area contributed by atoms with Crippen molar-refractivity contribution < 1.29 is 4.79 Å². The van der Waals surface area contributed by atoms with Crippen LogP contribution in [-0.2, 0) is 4.79 Å². The van der Waals surface area contributed by atoms with Crippen LogP contribution >= 0.6 is 12.4 Å². The van der Waals surface area contributed by atoms with Crippen molar-refractivity contribution in [1.82, 2.24) is 0 Å². The van der Waals surface area contributed by atoms with E-state index in [1.165, 1.54) is 12.8 Å². The Hall–Kier alpha value is -0.0800. The van der Waals surface area contributed by atoms with Gasteiger partial charge in [0.15, 0.2) is 0 Å². The zero-order valence-electron chi connectivity index (χ0n) is 6.93. The molecule has 2 nitrogen and oxygen atoms in total. The average molecular weight is 178 g/mol. The largest absolute Gasteiger partial charge is 0.329 e. The van der Waals surface area contributed by atoms with Crippen molar-refractivity contribution in [1.29, 1.82) is 0 Å². The lowest BCUT2D eigenvalue weighted by Crippen LogP contribution is -2.34. The molecule has 1 fully saturated rings. The summed E-state index contributed by atoms with van der Waals surface area (Å²) >= 11 is 0. The molecule has 0 heterocycles. The van der Waals surface area contributed by atoms with Crippen LogP contribution < -0.4 is 5.73 Å². The lowest BCUT2D eigenvalue weighted by atomic mass is 9.83. The molecule has 3 heteroatoms. The van der Waals surface area contributed by atoms with Gasteiger partial charge in [0.25, 0.3) is 0 Å². The molecule has 2 N–H and O–H groups in total. The zero-order valence-corrected chi connectivity index (χ0v) is 7.75. The number of halogens is 1. The van der Waals surface area contributed by atoms with Gasteiger partial charge in [0, 0.05) is 12.0 Å². The van der Waals surface area contributed by atoms with E-state index in [0.717, 1.165) is 12.8 Å². The van der Waals surface area contributed by atoms with E-state index in [4.69, 9.17) is 5.73 Å². The summed E-state index contributed by atoms with van der Waals surface area (Å²) in [5.74, 6) is 0.285. The van der Waals surface area contributed by atoms with Crippen molar-refractivity contribution in [3.05, 3.63) is 0 Å². The van der Waals surface area contributed by atoms with Crippen LogP contribution in [0.4, 0.5) is 0 Å². The maximum atomic E-state index is 11.1. The summed E-state index contributed by atoms with van der Waals surface area (Å²) in [6, 6.07) is 0. The quantitative estimate of drug-likeness (QED) is 0.695. The number of hydrogen-bond acceptors (Lipinski definition) is 2. The fourth-order valence-corrected chi connectivity index (χ4v) is 1.75. The van der Waals surface area contributed by atoms with Crippen LogP contribution in [0.5, 0.6) is 0 Å². The van der Waals surface area contributed by atoms with E-state index in [0.29, 0.717) is 6.54 Å². The normalized spacial score (nSPS) is 20.9. The number of nitrogens with two attached hydrogens (primary N) is 1. The van der Waals surface area contributed by atoms with E-state index < -0.39 is 0 Å². The fourth-order valence-electron chi connectivity index (χ4n) is 1.75. The molecule has 66 valence electrons. The maximum absolute atomic E-state index is 11.1. The van der Waals surface area contributed by atoms with Crippen LogP contribution in [-0.4, -0.2) is 12.3 Å². The SMILES string of the molecule is CC(=O)C1(CN)CCCC1.Cl. The van der Waals surface area contributed by atoms with Crippen molar-refractivity contribution in [2.75, 3.05) is 6.54 Å². The van der Waals surface area contributed by atoms with Crippen molar-refractivity contribution >= 4 is 18.2 Å². The number of ketones is 1. The molecule has 0 aliphatic heterocycles. The highest BCUT2D eigenvalue weighted by molar-refractivity contribution is 5.85. The highest BCUT2D eigenvalue weighted by Gasteiger charge is 2.36. The van der Waals surface area contributed by atoms with Crippen LogP contribution in [0, 0.1) is 5.41 Å². The molecule has 0 spiro atoms. The summed E-state index contributed by atoms with van der Waals surface area (Å²) in [6.45, 7) is 2.21. The molecule has 0 amide bonds. The second-order valence-electron chi connectivity index (χ2n) is 3.25. The Morgan fingerprint density at radius 2 is 1.91 bits per heavy atom. The van der Waals surface area contributed by atoms with Gasteiger partial charge in [-0.05, 0) is 19.8 Å². The number of Topliss-reactive ketones (excluding diaryl/α,β-unsaturated/α-hetero) is 1. The molecule has 0 atom stereocenters. The van der Waals surface area contributed by atoms with E-state index in [-0.39, 0.29) is 23.6 Å². The van der Waals surface area contributed by atoms with E-state index in [1.54, 1.807) is 6.92 Å². The topological polar surface area (TPSA) is 43.1 Å². The molecule has 11 heavy (non-hydrogen) atoms. The predicted octanol–water partition coefficient (Wildman–Crippen LogP) is 1.52. The minimum atomic E-state index is -0.125. The third kappa shape index (κ3) is 1.94. The third-order valence-electron chi connectivity index (χ3n) is 2.70. The molecule has 0 unspecified atom stereocenters. The van der Waals surface area contributed by atoms with Gasteiger partial charge in [0.1, 0.15) is 5.78 Å². The van der Waals surface area contributed by atoms with Crippen LogP contribution in [0.2, 0.25) is 0 Å². The Balaban J connectivity index is 0.000001000. The lowest BCUT2D eigenvalue weighted by molar-refractivity contribution is -0.125. The van der Waals surface area contributed by atoms with E-state index in [1.807, 2.05) is 0 Å². The monoisotopic (exact) mass is 177 g/mol. The minimum Gasteiger partial charge on any atom is -0.329 e. The molecule has 0 aromatic carbocycles. The van der Waals surface area contributed by atoms with Gasteiger partial charge in [-0.15, -0.1) is 12.4 Å². The molecule has 0 aromatic heterocycles. The molecular formula is C8H16ClNO. The molecular weight excluding hydrogens is 162 g/mol. The zero-order chi connectivity index (χ0) is 7.61. The van der Waals surface area contributed by atoms with Crippen molar-refractivity contribution in [3.8, 4) is 0 Å². The second kappa shape index (κ2) is 4.07. The fraction of sp³-hybridized carbons (Fsp3) is 0.875. The Morgan fingerprint density at radius 3 is 2.09 bits per heavy atom. The summed E-state index contributed by atoms with van der Waals surface area (Å²) in [5.41, 5.74) is 5.42. The van der Waals surface area contributed by atoms with Gasteiger partial charge in [-0.2, -0.15) is 0 Å². The van der Waals surface area contributed by atoms with Crippen LogP contribution in [0.25, 0.3) is 0 Å². The van der Waals surface area contributed by atoms with Crippen molar-refractivity contribution in [3.63, 3.8) is 0 Å². The Bertz CT molecular complexity index is 141. The second-order valence-corrected chi connectivity index (χ2v) is 3.25. The highest BCUT2D eigenvalue weighted by atomic mass is 35.5. The van der Waals surface area contributed by atoms with Gasteiger partial charge in [-0.1, -0.05) is 12.8 Å². The molecule has 0 bridgehead atoms. The summed E-state index contributed by atoms with van der Waals surface area (Å²) in [4.78, 5) is 11.1. The summed E-state index contributed by atoms with van der Waals surface area (Å²) in [7, 11) is 0. The molecule has 0 saturated heterocycles. The molecule has 1 aliphatic carbocycles. The Morgan fingerprint density at radius 1 is 1.45 bits per heavy atom. The van der Waals surface area contributed by atoms with Crippen molar-refractivity contribution in [2.45, 2.75) is 32.6 Å². The molecule has 1 saturated carbocycles. The first-order valence-corrected chi connectivity index (χ1v) is 3.92. The molecule has 0 radical (unpaired) electrons. The minimum absolute atomic E-state index is 0. The summed E-state index contributed by atoms with van der Waals surface area (Å²) in [5, 5.41) is 0. The molecule has 1 aliphatic rings. The van der Waals surface area contributed by atoms with Gasteiger partial charge in [0.05, 0.1) is 0 Å². The van der Waals surface area contributed by atoms with Gasteiger partial charge in [-0.3, -0.25) is 4.79 Å². The smallest absolute Gasteiger partial charge is 0.137 e. The number of hydrogen-bond donors (Lipinski definition) is 1. The number of carbonyl (C=O) groups excluding carboxylic acids is 1. The first-order valence-electron chi connectivity index (χ1n) is 3.92. The van der Waals surface area contributed by atoms with Gasteiger partial charge >= 0.3 is 0 Å². The third-order valence-corrected chi connectivity index (χ3v) is 2.70. The first-order chi connectivity index (χ1) is 4.71. The highest BCUT2D eigenvalue weighted by Crippen LogP contribution is 2.37. The maximum Gasteiger partial charge on any atom is 0.137 e. The van der Waals surface area contributed by atoms with E-state index in [9.17, 15) is 4.79 Å². The van der Waals surface area contributed by atoms with Crippen LogP contribution in [0.3, 0.4) is 0 Å². The Kier molecular flexibility index (Phi) is 4.04. The summed E-state index contributed by atoms with van der Waals surface area (Å²) < 4.78 is 0. The van der Waals surface area contributed by atoms with Gasteiger partial charge in [-0.25, -0.2) is 0 Å². The number of rotatable bonds is 2. The predicted molar refractivity (Wildman–Crippen MR) is 47.9 cm³/mol. The van der Waals surface area contributed by atoms with E-state index in [2.05, 4.69) is 0 Å². The van der Waals surface area contributed by atoms with Gasteiger partial charge < -0.3 is 5.73 Å². The van der Waals surface area contributed by atoms with Gasteiger partial charge in [0.2, 0.25) is 0 Å². The van der Waals surface area contributed by atoms with Crippen LogP contribution in [0.1, 0.15) is 32.6 Å². The van der Waals surface area contributed by atoms with E-state index >= 15 is 0 Å². The molecule has 1 rings (SSSR count). The average Bonchev–Trinajstić information content (AvgIpc) is 2.35. The molecule has 0 aromatic rings.